The van der Waals surface area contributed by atoms with Crippen LogP contribution in [0, 0.1) is 24.7 Å². The zero-order valence-corrected chi connectivity index (χ0v) is 13.0. The first-order valence-electron chi connectivity index (χ1n) is 7.91. The predicted octanol–water partition coefficient (Wildman–Crippen LogP) is 4.32. The Balaban J connectivity index is 1.67. The number of hydrogen-bond donors (Lipinski definition) is 1. The van der Waals surface area contributed by atoms with Gasteiger partial charge in [0.15, 0.2) is 0 Å². The fourth-order valence-corrected chi connectivity index (χ4v) is 5.11. The van der Waals surface area contributed by atoms with Gasteiger partial charge in [0.1, 0.15) is 0 Å². The van der Waals surface area contributed by atoms with Gasteiger partial charge in [-0.2, -0.15) is 0 Å². The summed E-state index contributed by atoms with van der Waals surface area (Å²) >= 11 is 1.84. The summed E-state index contributed by atoms with van der Waals surface area (Å²) in [5.74, 6) is 3.06. The van der Waals surface area contributed by atoms with Crippen molar-refractivity contribution in [2.24, 2.45) is 17.8 Å². The van der Waals surface area contributed by atoms with Gasteiger partial charge in [0, 0.05) is 10.9 Å². The van der Waals surface area contributed by atoms with E-state index in [1.807, 2.05) is 16.8 Å². The monoisotopic (exact) mass is 278 g/mol. The molecule has 4 atom stereocenters. The highest BCUT2D eigenvalue weighted by molar-refractivity contribution is 7.09. The molecule has 2 bridgehead atoms. The van der Waals surface area contributed by atoms with Crippen LogP contribution in [0.3, 0.4) is 0 Å². The lowest BCUT2D eigenvalue weighted by Gasteiger charge is -2.27. The van der Waals surface area contributed by atoms with E-state index in [0.717, 1.165) is 24.3 Å². The number of hydrogen-bond acceptors (Lipinski definition) is 3. The molecule has 106 valence electrons. The Morgan fingerprint density at radius 3 is 2.89 bits per heavy atom. The Labute approximate surface area is 121 Å². The van der Waals surface area contributed by atoms with Crippen molar-refractivity contribution in [3.8, 4) is 0 Å². The number of rotatable bonds is 6. The molecule has 19 heavy (non-hydrogen) atoms. The number of thiazole rings is 1. The van der Waals surface area contributed by atoms with Crippen molar-refractivity contribution in [2.45, 2.75) is 58.4 Å². The quantitative estimate of drug-likeness (QED) is 0.838. The Morgan fingerprint density at radius 1 is 1.42 bits per heavy atom. The fourth-order valence-electron chi connectivity index (χ4n) is 4.21. The summed E-state index contributed by atoms with van der Waals surface area (Å²) in [4.78, 5) is 5.93. The highest BCUT2D eigenvalue weighted by atomic mass is 32.1. The minimum atomic E-state index is 0.553. The predicted molar refractivity (Wildman–Crippen MR) is 81.4 cm³/mol. The highest BCUT2D eigenvalue weighted by Crippen LogP contribution is 2.51. The average Bonchev–Trinajstić information content (AvgIpc) is 3.10. The molecule has 3 rings (SSSR count). The lowest BCUT2D eigenvalue weighted by atomic mass is 9.84. The van der Waals surface area contributed by atoms with Crippen LogP contribution in [0.25, 0.3) is 0 Å². The minimum absolute atomic E-state index is 0.553. The SMILES string of the molecule is CCCNC(CC1CC2CCC1C2)c1scnc1C. The van der Waals surface area contributed by atoms with Crippen molar-refractivity contribution in [1.82, 2.24) is 10.3 Å². The summed E-state index contributed by atoms with van der Waals surface area (Å²) in [7, 11) is 0. The molecular weight excluding hydrogens is 252 g/mol. The van der Waals surface area contributed by atoms with Crippen LogP contribution in [0.1, 0.15) is 62.1 Å². The van der Waals surface area contributed by atoms with Gasteiger partial charge in [-0.1, -0.05) is 13.3 Å². The molecule has 4 unspecified atom stereocenters. The van der Waals surface area contributed by atoms with Gasteiger partial charge in [-0.3, -0.25) is 0 Å². The van der Waals surface area contributed by atoms with Gasteiger partial charge < -0.3 is 5.32 Å². The van der Waals surface area contributed by atoms with E-state index in [0.29, 0.717) is 6.04 Å². The molecule has 2 nitrogen and oxygen atoms in total. The number of aryl methyl sites for hydroxylation is 1. The number of nitrogens with one attached hydrogen (secondary N) is 1. The van der Waals surface area contributed by atoms with E-state index < -0.39 is 0 Å². The highest BCUT2D eigenvalue weighted by Gasteiger charge is 2.40. The molecule has 1 aromatic rings. The van der Waals surface area contributed by atoms with E-state index in [1.54, 1.807) is 0 Å². The Hall–Kier alpha value is -0.410. The van der Waals surface area contributed by atoms with E-state index in [-0.39, 0.29) is 0 Å². The van der Waals surface area contributed by atoms with Crippen LogP contribution in [0.15, 0.2) is 5.51 Å². The Kier molecular flexibility index (Phi) is 4.23. The normalized spacial score (nSPS) is 30.9. The second-order valence-electron chi connectivity index (χ2n) is 6.48. The summed E-state index contributed by atoms with van der Waals surface area (Å²) in [6.45, 7) is 5.54. The molecule has 2 fully saturated rings. The molecule has 1 N–H and O–H groups in total. The molecule has 0 aliphatic heterocycles. The van der Waals surface area contributed by atoms with Crippen LogP contribution in [0.5, 0.6) is 0 Å². The van der Waals surface area contributed by atoms with Crippen molar-refractivity contribution < 1.29 is 0 Å². The smallest absolute Gasteiger partial charge is 0.0798 e. The lowest BCUT2D eigenvalue weighted by Crippen LogP contribution is -2.26. The number of aromatic nitrogens is 1. The van der Waals surface area contributed by atoms with E-state index >= 15 is 0 Å². The van der Waals surface area contributed by atoms with Gasteiger partial charge in [-0.25, -0.2) is 4.98 Å². The van der Waals surface area contributed by atoms with Gasteiger partial charge in [-0.15, -0.1) is 11.3 Å². The Bertz CT molecular complexity index is 415. The van der Waals surface area contributed by atoms with Crippen molar-refractivity contribution in [3.05, 3.63) is 16.1 Å². The first-order chi connectivity index (χ1) is 9.28. The van der Waals surface area contributed by atoms with Gasteiger partial charge in [-0.05, 0) is 63.3 Å². The van der Waals surface area contributed by atoms with Gasteiger partial charge >= 0.3 is 0 Å². The third-order valence-corrected chi connectivity index (χ3v) is 6.21. The van der Waals surface area contributed by atoms with Crippen molar-refractivity contribution in [2.75, 3.05) is 6.54 Å². The van der Waals surface area contributed by atoms with Crippen molar-refractivity contribution in [1.29, 1.82) is 0 Å². The van der Waals surface area contributed by atoms with E-state index in [1.165, 1.54) is 49.1 Å². The average molecular weight is 278 g/mol. The van der Waals surface area contributed by atoms with Gasteiger partial charge in [0.25, 0.3) is 0 Å². The van der Waals surface area contributed by atoms with E-state index in [9.17, 15) is 0 Å². The maximum Gasteiger partial charge on any atom is 0.0798 e. The second-order valence-corrected chi connectivity index (χ2v) is 7.37. The summed E-state index contributed by atoms with van der Waals surface area (Å²) in [5.41, 5.74) is 3.24. The van der Waals surface area contributed by atoms with Crippen molar-refractivity contribution >= 4 is 11.3 Å². The molecule has 1 heterocycles. The van der Waals surface area contributed by atoms with Crippen LogP contribution in [0.4, 0.5) is 0 Å². The molecule has 2 aliphatic carbocycles. The molecule has 3 heteroatoms. The summed E-state index contributed by atoms with van der Waals surface area (Å²) in [6, 6.07) is 0.553. The van der Waals surface area contributed by atoms with Crippen LogP contribution >= 0.6 is 11.3 Å². The minimum Gasteiger partial charge on any atom is -0.309 e. The Morgan fingerprint density at radius 2 is 2.32 bits per heavy atom. The lowest BCUT2D eigenvalue weighted by molar-refractivity contribution is 0.280. The number of nitrogens with zero attached hydrogens (tertiary/aromatic N) is 1. The molecule has 2 saturated carbocycles. The summed E-state index contributed by atoms with van der Waals surface area (Å²) in [6.07, 6.45) is 8.57. The van der Waals surface area contributed by atoms with Crippen molar-refractivity contribution in [3.63, 3.8) is 0 Å². The van der Waals surface area contributed by atoms with E-state index in [4.69, 9.17) is 0 Å². The molecule has 0 saturated heterocycles. The van der Waals surface area contributed by atoms with Gasteiger partial charge in [0.05, 0.1) is 11.2 Å². The third-order valence-electron chi connectivity index (χ3n) is 5.16. The third kappa shape index (κ3) is 2.87. The first-order valence-corrected chi connectivity index (χ1v) is 8.79. The standard InChI is InChI=1S/C16H26N2S/c1-3-6-17-15(16-11(2)18-10-19-16)9-14-8-12-4-5-13(14)7-12/h10,12-15,17H,3-9H2,1-2H3. The molecule has 0 amide bonds. The maximum atomic E-state index is 4.45. The largest absolute Gasteiger partial charge is 0.309 e. The fraction of sp³-hybridized carbons (Fsp3) is 0.812. The molecule has 0 aromatic carbocycles. The molecule has 1 aromatic heterocycles. The second kappa shape index (κ2) is 5.92. The summed E-state index contributed by atoms with van der Waals surface area (Å²) in [5, 5.41) is 3.77. The van der Waals surface area contributed by atoms with Crippen LogP contribution in [-0.4, -0.2) is 11.5 Å². The molecule has 2 aliphatic rings. The number of fused-ring (bicyclic) bond motifs is 2. The summed E-state index contributed by atoms with van der Waals surface area (Å²) < 4.78 is 0. The van der Waals surface area contributed by atoms with E-state index in [2.05, 4.69) is 24.1 Å². The first kappa shape index (κ1) is 13.6. The molecule has 0 spiro atoms. The van der Waals surface area contributed by atoms with Crippen LogP contribution in [0.2, 0.25) is 0 Å². The molecule has 0 radical (unpaired) electrons. The molecular formula is C16H26N2S. The van der Waals surface area contributed by atoms with Crippen LogP contribution < -0.4 is 5.32 Å². The zero-order valence-electron chi connectivity index (χ0n) is 12.2. The zero-order chi connectivity index (χ0) is 13.2. The van der Waals surface area contributed by atoms with Gasteiger partial charge in [0.2, 0.25) is 0 Å². The topological polar surface area (TPSA) is 24.9 Å². The van der Waals surface area contributed by atoms with Crippen LogP contribution in [-0.2, 0) is 0 Å². The maximum absolute atomic E-state index is 4.45.